The average molecular weight is 251 g/mol. The molecule has 0 heterocycles. The van der Waals surface area contributed by atoms with E-state index in [2.05, 4.69) is 5.92 Å². The average Bonchev–Trinajstić information content (AvgIpc) is 2.41. The molecule has 0 aromatic carbocycles. The lowest BCUT2D eigenvalue weighted by molar-refractivity contribution is -0.135. The van der Waals surface area contributed by atoms with Crippen molar-refractivity contribution in [3.63, 3.8) is 0 Å². The summed E-state index contributed by atoms with van der Waals surface area (Å²) in [5, 5.41) is 9.11. The van der Waals surface area contributed by atoms with Gasteiger partial charge >= 0.3 is 0 Å². The van der Waals surface area contributed by atoms with E-state index in [4.69, 9.17) is 11.5 Å². The molecule has 1 amide bonds. The van der Waals surface area contributed by atoms with Crippen LogP contribution in [0.15, 0.2) is 0 Å². The van der Waals surface area contributed by atoms with Crippen molar-refractivity contribution in [2.24, 2.45) is 0 Å². The number of carbonyl (C=O) groups is 1. The van der Waals surface area contributed by atoms with Crippen molar-refractivity contribution < 1.29 is 9.90 Å². The van der Waals surface area contributed by atoms with E-state index in [9.17, 15) is 4.79 Å². The molecule has 1 aliphatic carbocycles. The summed E-state index contributed by atoms with van der Waals surface area (Å²) in [5.41, 5.74) is 0. The normalized spacial score (nSPS) is 16.2. The molecule has 1 aliphatic rings. The molecule has 102 valence electrons. The molecule has 3 nitrogen and oxygen atoms in total. The number of carbonyl (C=O) groups excluding carboxylic acids is 1. The van der Waals surface area contributed by atoms with Crippen LogP contribution in [0.4, 0.5) is 0 Å². The molecule has 0 radical (unpaired) electrons. The van der Waals surface area contributed by atoms with E-state index >= 15 is 0 Å². The minimum atomic E-state index is 0.0621. The second-order valence-electron chi connectivity index (χ2n) is 5.01. The third-order valence-corrected chi connectivity index (χ3v) is 3.64. The van der Waals surface area contributed by atoms with Crippen LogP contribution >= 0.6 is 0 Å². The van der Waals surface area contributed by atoms with Crippen LogP contribution in [0.2, 0.25) is 0 Å². The van der Waals surface area contributed by atoms with E-state index in [1.54, 1.807) is 0 Å². The van der Waals surface area contributed by atoms with Crippen molar-refractivity contribution >= 4 is 5.91 Å². The summed E-state index contributed by atoms with van der Waals surface area (Å²) >= 11 is 0. The van der Waals surface area contributed by atoms with Crippen LogP contribution in [-0.4, -0.2) is 35.1 Å². The molecule has 0 aromatic rings. The number of hydrogen-bond acceptors (Lipinski definition) is 2. The number of aliphatic hydroxyl groups is 1. The fourth-order valence-corrected chi connectivity index (χ4v) is 2.66. The SMILES string of the molecule is C#CCCCCC(=O)N(CCO)C1CCCCC1. The van der Waals surface area contributed by atoms with Crippen LogP contribution in [0.1, 0.15) is 57.8 Å². The lowest BCUT2D eigenvalue weighted by Crippen LogP contribution is -2.43. The Morgan fingerprint density at radius 2 is 2.00 bits per heavy atom. The standard InChI is InChI=1S/C15H25NO2/c1-2-3-4-8-11-15(18)16(12-13-17)14-9-6-5-7-10-14/h1,14,17H,3-13H2. The second kappa shape index (κ2) is 8.99. The Labute approximate surface area is 111 Å². The number of aliphatic hydroxyl groups excluding tert-OH is 1. The highest BCUT2D eigenvalue weighted by Crippen LogP contribution is 2.23. The Bertz CT molecular complexity index is 277. The van der Waals surface area contributed by atoms with Crippen LogP contribution < -0.4 is 0 Å². The molecule has 1 fully saturated rings. The van der Waals surface area contributed by atoms with Crippen LogP contribution in [-0.2, 0) is 4.79 Å². The monoisotopic (exact) mass is 251 g/mol. The summed E-state index contributed by atoms with van der Waals surface area (Å²) < 4.78 is 0. The smallest absolute Gasteiger partial charge is 0.222 e. The number of terminal acetylenes is 1. The Hall–Kier alpha value is -1.01. The fraction of sp³-hybridized carbons (Fsp3) is 0.800. The van der Waals surface area contributed by atoms with E-state index in [1.807, 2.05) is 4.90 Å². The minimum absolute atomic E-state index is 0.0621. The molecule has 1 saturated carbocycles. The van der Waals surface area contributed by atoms with Crippen molar-refractivity contribution in [3.05, 3.63) is 0 Å². The highest BCUT2D eigenvalue weighted by Gasteiger charge is 2.24. The van der Waals surface area contributed by atoms with E-state index < -0.39 is 0 Å². The molecular formula is C15H25NO2. The third kappa shape index (κ3) is 5.10. The first-order valence-electron chi connectivity index (χ1n) is 7.13. The van der Waals surface area contributed by atoms with Gasteiger partial charge in [-0.15, -0.1) is 12.3 Å². The molecule has 0 unspecified atom stereocenters. The maximum Gasteiger partial charge on any atom is 0.222 e. The quantitative estimate of drug-likeness (QED) is 0.557. The molecule has 0 saturated heterocycles. The highest BCUT2D eigenvalue weighted by molar-refractivity contribution is 5.76. The van der Waals surface area contributed by atoms with Gasteiger partial charge in [0.25, 0.3) is 0 Å². The summed E-state index contributed by atoms with van der Waals surface area (Å²) in [5.74, 6) is 2.78. The Kier molecular flexibility index (Phi) is 7.52. The van der Waals surface area contributed by atoms with Crippen LogP contribution in [0.25, 0.3) is 0 Å². The van der Waals surface area contributed by atoms with Crippen molar-refractivity contribution in [1.29, 1.82) is 0 Å². The van der Waals surface area contributed by atoms with E-state index in [0.29, 0.717) is 19.0 Å². The van der Waals surface area contributed by atoms with Gasteiger partial charge in [-0.05, 0) is 25.7 Å². The molecule has 18 heavy (non-hydrogen) atoms. The molecular weight excluding hydrogens is 226 g/mol. The van der Waals surface area contributed by atoms with Gasteiger partial charge < -0.3 is 10.0 Å². The van der Waals surface area contributed by atoms with Gasteiger partial charge in [0, 0.05) is 25.4 Å². The minimum Gasteiger partial charge on any atom is -0.395 e. The molecule has 1 N–H and O–H groups in total. The number of hydrogen-bond donors (Lipinski definition) is 1. The second-order valence-corrected chi connectivity index (χ2v) is 5.01. The Morgan fingerprint density at radius 3 is 2.61 bits per heavy atom. The van der Waals surface area contributed by atoms with E-state index in [0.717, 1.165) is 32.1 Å². The number of rotatable bonds is 7. The van der Waals surface area contributed by atoms with Gasteiger partial charge in [-0.2, -0.15) is 0 Å². The summed E-state index contributed by atoms with van der Waals surface area (Å²) in [4.78, 5) is 14.1. The maximum atomic E-state index is 12.2. The zero-order valence-electron chi connectivity index (χ0n) is 11.2. The number of unbranched alkanes of at least 4 members (excludes halogenated alkanes) is 2. The molecule has 0 spiro atoms. The van der Waals surface area contributed by atoms with Gasteiger partial charge in [0.05, 0.1) is 6.61 Å². The molecule has 0 atom stereocenters. The van der Waals surface area contributed by atoms with Gasteiger partial charge in [0.1, 0.15) is 0 Å². The zero-order chi connectivity index (χ0) is 13.2. The summed E-state index contributed by atoms with van der Waals surface area (Å²) in [7, 11) is 0. The Morgan fingerprint density at radius 1 is 1.28 bits per heavy atom. The largest absolute Gasteiger partial charge is 0.395 e. The highest BCUT2D eigenvalue weighted by atomic mass is 16.3. The van der Waals surface area contributed by atoms with Gasteiger partial charge in [-0.1, -0.05) is 19.3 Å². The number of amides is 1. The molecule has 1 rings (SSSR count). The van der Waals surface area contributed by atoms with E-state index in [-0.39, 0.29) is 12.5 Å². The molecule has 0 aliphatic heterocycles. The molecule has 0 aromatic heterocycles. The van der Waals surface area contributed by atoms with Gasteiger partial charge in [0.2, 0.25) is 5.91 Å². The van der Waals surface area contributed by atoms with Crippen molar-refractivity contribution in [1.82, 2.24) is 4.90 Å². The topological polar surface area (TPSA) is 40.5 Å². The molecule has 0 bridgehead atoms. The lowest BCUT2D eigenvalue weighted by atomic mass is 9.94. The first-order chi connectivity index (χ1) is 8.79. The summed E-state index contributed by atoms with van der Waals surface area (Å²) in [6, 6.07) is 0.353. The summed E-state index contributed by atoms with van der Waals surface area (Å²) in [6.45, 7) is 0.547. The first-order valence-corrected chi connectivity index (χ1v) is 7.13. The molecule has 3 heteroatoms. The summed E-state index contributed by atoms with van der Waals surface area (Å²) in [6.07, 6.45) is 14.2. The van der Waals surface area contributed by atoms with Gasteiger partial charge in [-0.3, -0.25) is 4.79 Å². The Balaban J connectivity index is 2.39. The van der Waals surface area contributed by atoms with Crippen LogP contribution in [0.3, 0.4) is 0 Å². The maximum absolute atomic E-state index is 12.2. The van der Waals surface area contributed by atoms with Crippen molar-refractivity contribution in [2.75, 3.05) is 13.2 Å². The fourth-order valence-electron chi connectivity index (χ4n) is 2.66. The van der Waals surface area contributed by atoms with Crippen molar-refractivity contribution in [2.45, 2.75) is 63.8 Å². The van der Waals surface area contributed by atoms with E-state index in [1.165, 1.54) is 19.3 Å². The van der Waals surface area contributed by atoms with Crippen molar-refractivity contribution in [3.8, 4) is 12.3 Å². The van der Waals surface area contributed by atoms with Gasteiger partial charge in [-0.25, -0.2) is 0 Å². The van der Waals surface area contributed by atoms with Crippen LogP contribution in [0, 0.1) is 12.3 Å². The number of nitrogens with zero attached hydrogens (tertiary/aromatic N) is 1. The third-order valence-electron chi connectivity index (χ3n) is 3.64. The lowest BCUT2D eigenvalue weighted by Gasteiger charge is -2.34. The predicted octanol–water partition coefficient (Wildman–Crippen LogP) is 2.33. The first kappa shape index (κ1) is 15.0. The predicted molar refractivity (Wildman–Crippen MR) is 73.0 cm³/mol. The van der Waals surface area contributed by atoms with Crippen LogP contribution in [0.5, 0.6) is 0 Å². The van der Waals surface area contributed by atoms with Gasteiger partial charge in [0.15, 0.2) is 0 Å². The zero-order valence-corrected chi connectivity index (χ0v) is 11.2.